The van der Waals surface area contributed by atoms with Gasteiger partial charge in [0.05, 0.1) is 6.04 Å². The molecule has 0 bridgehead atoms. The van der Waals surface area contributed by atoms with Gasteiger partial charge in [0.1, 0.15) is 0 Å². The van der Waals surface area contributed by atoms with Crippen LogP contribution in [-0.2, 0) is 6.42 Å². The van der Waals surface area contributed by atoms with Gasteiger partial charge in [0.25, 0.3) is 0 Å². The number of hydrogen-bond donors (Lipinski definition) is 2. The molecule has 2 aromatic rings. The molecule has 112 valence electrons. The maximum atomic E-state index is 6.00. The molecule has 0 amide bonds. The van der Waals surface area contributed by atoms with Gasteiger partial charge in [-0.2, -0.15) is 0 Å². The van der Waals surface area contributed by atoms with Gasteiger partial charge in [0, 0.05) is 15.7 Å². The van der Waals surface area contributed by atoms with Crippen molar-refractivity contribution < 1.29 is 0 Å². The van der Waals surface area contributed by atoms with E-state index < -0.39 is 0 Å². The van der Waals surface area contributed by atoms with Crippen molar-refractivity contribution >= 4 is 23.4 Å². The van der Waals surface area contributed by atoms with Gasteiger partial charge in [0.15, 0.2) is 0 Å². The highest BCUT2D eigenvalue weighted by Gasteiger charge is 2.10. The van der Waals surface area contributed by atoms with Gasteiger partial charge < -0.3 is 0 Å². The third-order valence-electron chi connectivity index (χ3n) is 3.33. The molecule has 0 spiro atoms. The maximum absolute atomic E-state index is 6.00. The van der Waals surface area contributed by atoms with Crippen molar-refractivity contribution in [2.24, 2.45) is 5.84 Å². The van der Waals surface area contributed by atoms with Crippen molar-refractivity contribution in [1.29, 1.82) is 0 Å². The number of hydrogen-bond acceptors (Lipinski definition) is 3. The zero-order valence-corrected chi connectivity index (χ0v) is 13.8. The van der Waals surface area contributed by atoms with Gasteiger partial charge in [-0.3, -0.25) is 11.3 Å². The molecule has 0 heterocycles. The first-order chi connectivity index (χ1) is 10.2. The second kappa shape index (κ2) is 8.44. The summed E-state index contributed by atoms with van der Waals surface area (Å²) in [6.07, 6.45) is 2.29. The summed E-state index contributed by atoms with van der Waals surface area (Å²) in [5.41, 5.74) is 5.49. The average molecular weight is 321 g/mol. The molecule has 2 aromatic carbocycles. The third kappa shape index (κ3) is 5.04. The summed E-state index contributed by atoms with van der Waals surface area (Å²) in [5.74, 6) is 6.57. The molecule has 2 nitrogen and oxygen atoms in total. The van der Waals surface area contributed by atoms with Crippen LogP contribution < -0.4 is 11.3 Å². The van der Waals surface area contributed by atoms with Crippen molar-refractivity contribution in [3.63, 3.8) is 0 Å². The normalized spacial score (nSPS) is 12.3. The van der Waals surface area contributed by atoms with Crippen LogP contribution in [-0.4, -0.2) is 5.75 Å². The molecule has 3 N–H and O–H groups in total. The van der Waals surface area contributed by atoms with Crippen LogP contribution in [0.15, 0.2) is 53.4 Å². The molecule has 21 heavy (non-hydrogen) atoms. The number of halogens is 1. The fourth-order valence-corrected chi connectivity index (χ4v) is 3.47. The molecule has 0 aliphatic heterocycles. The lowest BCUT2D eigenvalue weighted by Gasteiger charge is -2.16. The molecule has 0 aliphatic carbocycles. The molecule has 1 unspecified atom stereocenters. The molecule has 4 heteroatoms. The Morgan fingerprint density at radius 1 is 1.19 bits per heavy atom. The molecule has 0 aromatic heterocycles. The minimum Gasteiger partial charge on any atom is -0.271 e. The first-order valence-electron chi connectivity index (χ1n) is 7.16. The van der Waals surface area contributed by atoms with Gasteiger partial charge in [-0.15, -0.1) is 11.8 Å². The van der Waals surface area contributed by atoms with Crippen LogP contribution >= 0.6 is 23.4 Å². The van der Waals surface area contributed by atoms with E-state index in [1.54, 1.807) is 11.8 Å². The minimum atomic E-state index is 0.129. The lowest BCUT2D eigenvalue weighted by molar-refractivity contribution is 0.610. The van der Waals surface area contributed by atoms with E-state index in [1.165, 1.54) is 17.5 Å². The van der Waals surface area contributed by atoms with Gasteiger partial charge in [-0.1, -0.05) is 55.3 Å². The molecule has 0 fully saturated rings. The summed E-state index contributed by atoms with van der Waals surface area (Å²) >= 11 is 7.75. The Morgan fingerprint density at radius 3 is 2.57 bits per heavy atom. The lowest BCUT2D eigenvalue weighted by Crippen LogP contribution is -2.29. The highest BCUT2D eigenvalue weighted by molar-refractivity contribution is 7.99. The number of nitrogens with two attached hydrogens (primary N) is 1. The van der Waals surface area contributed by atoms with Crippen LogP contribution in [0.1, 0.15) is 30.5 Å². The topological polar surface area (TPSA) is 38.0 Å². The van der Waals surface area contributed by atoms with E-state index in [2.05, 4.69) is 42.7 Å². The van der Waals surface area contributed by atoms with E-state index in [-0.39, 0.29) is 6.04 Å². The van der Waals surface area contributed by atoms with Crippen LogP contribution in [0, 0.1) is 0 Å². The number of aryl methyl sites for hydroxylation is 1. The fraction of sp³-hybridized carbons (Fsp3) is 0.294. The molecule has 2 rings (SSSR count). The summed E-state index contributed by atoms with van der Waals surface area (Å²) in [4.78, 5) is 1.16. The molecule has 0 aliphatic rings. The predicted octanol–water partition coefficient (Wildman–Crippen LogP) is 4.59. The number of rotatable bonds is 7. The van der Waals surface area contributed by atoms with Crippen LogP contribution in [0.5, 0.6) is 0 Å². The SMILES string of the molecule is CCCc1ccc(C(CSc2cccc(Cl)c2)NN)cc1. The van der Waals surface area contributed by atoms with Crippen molar-refractivity contribution in [1.82, 2.24) is 5.43 Å². The standard InChI is InChI=1S/C17H21ClN2S/c1-2-4-13-7-9-14(10-8-13)17(20-19)12-21-16-6-3-5-15(18)11-16/h3,5-11,17,20H,2,4,12,19H2,1H3. The van der Waals surface area contributed by atoms with Crippen molar-refractivity contribution in [2.75, 3.05) is 5.75 Å². The Morgan fingerprint density at radius 2 is 1.95 bits per heavy atom. The summed E-state index contributed by atoms with van der Waals surface area (Å²) in [7, 11) is 0. The van der Waals surface area contributed by atoms with Crippen molar-refractivity contribution in [2.45, 2.75) is 30.7 Å². The van der Waals surface area contributed by atoms with E-state index in [0.717, 1.165) is 22.1 Å². The first kappa shape index (κ1) is 16.4. The Labute approximate surface area is 136 Å². The summed E-state index contributed by atoms with van der Waals surface area (Å²) in [5, 5.41) is 0.765. The zero-order chi connectivity index (χ0) is 15.1. The highest BCUT2D eigenvalue weighted by atomic mass is 35.5. The van der Waals surface area contributed by atoms with E-state index >= 15 is 0 Å². The van der Waals surface area contributed by atoms with Crippen LogP contribution in [0.2, 0.25) is 5.02 Å². The van der Waals surface area contributed by atoms with Crippen LogP contribution in [0.3, 0.4) is 0 Å². The van der Waals surface area contributed by atoms with Gasteiger partial charge in [-0.25, -0.2) is 0 Å². The van der Waals surface area contributed by atoms with Crippen LogP contribution in [0.4, 0.5) is 0 Å². The molecule has 1 atom stereocenters. The van der Waals surface area contributed by atoms with Gasteiger partial charge in [0.2, 0.25) is 0 Å². The smallest absolute Gasteiger partial charge is 0.0553 e. The third-order valence-corrected chi connectivity index (χ3v) is 4.66. The predicted molar refractivity (Wildman–Crippen MR) is 92.7 cm³/mol. The largest absolute Gasteiger partial charge is 0.271 e. The summed E-state index contributed by atoms with van der Waals surface area (Å²) < 4.78 is 0. The summed E-state index contributed by atoms with van der Waals surface area (Å²) in [6.45, 7) is 2.19. The Kier molecular flexibility index (Phi) is 6.58. The maximum Gasteiger partial charge on any atom is 0.0553 e. The molecule has 0 saturated carbocycles. The fourth-order valence-electron chi connectivity index (χ4n) is 2.18. The molecular weight excluding hydrogens is 300 g/mol. The molecular formula is C17H21ClN2S. The second-order valence-electron chi connectivity index (χ2n) is 4.98. The minimum absolute atomic E-state index is 0.129. The number of benzene rings is 2. The Hall–Kier alpha value is -1.00. The Bertz CT molecular complexity index is 557. The summed E-state index contributed by atoms with van der Waals surface area (Å²) in [6, 6.07) is 16.7. The monoisotopic (exact) mass is 320 g/mol. The highest BCUT2D eigenvalue weighted by Crippen LogP contribution is 2.26. The number of nitrogens with one attached hydrogen (secondary N) is 1. The van der Waals surface area contributed by atoms with E-state index in [4.69, 9.17) is 17.4 Å². The quantitative estimate of drug-likeness (QED) is 0.445. The Balaban J connectivity index is 1.99. The molecule has 0 saturated heterocycles. The second-order valence-corrected chi connectivity index (χ2v) is 6.51. The van der Waals surface area contributed by atoms with Crippen molar-refractivity contribution in [3.8, 4) is 0 Å². The van der Waals surface area contributed by atoms with E-state index in [0.29, 0.717) is 0 Å². The lowest BCUT2D eigenvalue weighted by atomic mass is 10.0. The zero-order valence-electron chi connectivity index (χ0n) is 12.2. The average Bonchev–Trinajstić information content (AvgIpc) is 2.50. The van der Waals surface area contributed by atoms with E-state index in [1.807, 2.05) is 18.2 Å². The first-order valence-corrected chi connectivity index (χ1v) is 8.52. The molecule has 0 radical (unpaired) electrons. The van der Waals surface area contributed by atoms with Gasteiger partial charge >= 0.3 is 0 Å². The van der Waals surface area contributed by atoms with Crippen LogP contribution in [0.25, 0.3) is 0 Å². The van der Waals surface area contributed by atoms with E-state index in [9.17, 15) is 0 Å². The number of hydrazine groups is 1. The van der Waals surface area contributed by atoms with Gasteiger partial charge in [-0.05, 0) is 35.7 Å². The van der Waals surface area contributed by atoms with Crippen molar-refractivity contribution in [3.05, 3.63) is 64.7 Å². The number of thioether (sulfide) groups is 1.